The Balaban J connectivity index is 1.98. The molecule has 2 heterocycles. The van der Waals surface area contributed by atoms with Crippen molar-refractivity contribution in [2.24, 2.45) is 0 Å². The Labute approximate surface area is 163 Å². The van der Waals surface area contributed by atoms with E-state index < -0.39 is 29.8 Å². The number of ether oxygens (including phenoxy) is 1. The molecule has 3 rings (SSSR count). The molecule has 0 saturated carbocycles. The summed E-state index contributed by atoms with van der Waals surface area (Å²) in [5.41, 5.74) is -0.270. The van der Waals surface area contributed by atoms with Gasteiger partial charge >= 0.3 is 5.97 Å². The standard InChI is InChI=1S/C18H16ClF3N4O2/c1-3-28-17(27)12-8-26-14(24-12)7-13(19)25-18(26)23-9(2)10-5-4-6-11(15(10)20)16(21)22/h4-9,16H,3H2,1-2H3,(H,23,25)/t9-/m1/s1. The number of nitrogens with one attached hydrogen (secondary N) is 1. The van der Waals surface area contributed by atoms with Gasteiger partial charge in [0.1, 0.15) is 16.6 Å². The van der Waals surface area contributed by atoms with E-state index in [0.29, 0.717) is 5.65 Å². The number of imidazole rings is 1. The van der Waals surface area contributed by atoms with E-state index in [2.05, 4.69) is 15.3 Å². The van der Waals surface area contributed by atoms with E-state index in [-0.39, 0.29) is 29.0 Å². The van der Waals surface area contributed by atoms with Gasteiger partial charge in [0.15, 0.2) is 5.69 Å². The first-order chi connectivity index (χ1) is 13.3. The molecule has 0 unspecified atom stereocenters. The van der Waals surface area contributed by atoms with Crippen LogP contribution in [0.5, 0.6) is 0 Å². The molecule has 1 N–H and O–H groups in total. The zero-order valence-corrected chi connectivity index (χ0v) is 15.7. The van der Waals surface area contributed by atoms with Crippen LogP contribution in [0.3, 0.4) is 0 Å². The summed E-state index contributed by atoms with van der Waals surface area (Å²) in [6.45, 7) is 3.45. The number of anilines is 1. The molecule has 0 amide bonds. The molecule has 0 radical (unpaired) electrons. The number of alkyl halides is 2. The number of carbonyl (C=O) groups excluding carboxylic acids is 1. The highest BCUT2D eigenvalue weighted by atomic mass is 35.5. The maximum absolute atomic E-state index is 14.4. The molecular weight excluding hydrogens is 397 g/mol. The molecule has 0 aliphatic rings. The van der Waals surface area contributed by atoms with Crippen molar-refractivity contribution in [1.29, 1.82) is 0 Å². The SMILES string of the molecule is CCOC(=O)c1cn2c(N[C@H](C)c3cccc(C(F)F)c3F)nc(Cl)cc2n1. The van der Waals surface area contributed by atoms with E-state index in [1.165, 1.54) is 28.8 Å². The molecule has 0 fully saturated rings. The van der Waals surface area contributed by atoms with Crippen molar-refractivity contribution >= 4 is 29.2 Å². The Bertz CT molecular complexity index is 1030. The fourth-order valence-corrected chi connectivity index (χ4v) is 2.89. The lowest BCUT2D eigenvalue weighted by Crippen LogP contribution is -2.13. The van der Waals surface area contributed by atoms with E-state index >= 15 is 0 Å². The van der Waals surface area contributed by atoms with Gasteiger partial charge in [0.2, 0.25) is 5.95 Å². The van der Waals surface area contributed by atoms with Gasteiger partial charge in [-0.05, 0) is 13.8 Å². The van der Waals surface area contributed by atoms with Gasteiger partial charge in [-0.15, -0.1) is 0 Å². The van der Waals surface area contributed by atoms with Crippen molar-refractivity contribution in [2.45, 2.75) is 26.3 Å². The third kappa shape index (κ3) is 3.89. The summed E-state index contributed by atoms with van der Waals surface area (Å²) in [4.78, 5) is 20.2. The Morgan fingerprint density at radius 2 is 2.04 bits per heavy atom. The minimum Gasteiger partial charge on any atom is -0.461 e. The van der Waals surface area contributed by atoms with Gasteiger partial charge in [-0.1, -0.05) is 29.8 Å². The molecule has 1 atom stereocenters. The first kappa shape index (κ1) is 19.9. The Kier molecular flexibility index (Phi) is 5.73. The van der Waals surface area contributed by atoms with Gasteiger partial charge in [0.05, 0.1) is 18.2 Å². The van der Waals surface area contributed by atoms with Gasteiger partial charge in [-0.25, -0.2) is 27.9 Å². The predicted molar refractivity (Wildman–Crippen MR) is 97.3 cm³/mol. The molecule has 2 aromatic heterocycles. The molecule has 148 valence electrons. The zero-order valence-electron chi connectivity index (χ0n) is 14.9. The second-order valence-corrected chi connectivity index (χ2v) is 6.28. The summed E-state index contributed by atoms with van der Waals surface area (Å²) in [5, 5.41) is 3.01. The van der Waals surface area contributed by atoms with Crippen LogP contribution in [-0.4, -0.2) is 26.9 Å². The van der Waals surface area contributed by atoms with Gasteiger partial charge in [-0.3, -0.25) is 4.40 Å². The van der Waals surface area contributed by atoms with Crippen LogP contribution >= 0.6 is 11.6 Å². The first-order valence-corrected chi connectivity index (χ1v) is 8.75. The highest BCUT2D eigenvalue weighted by Crippen LogP contribution is 2.29. The monoisotopic (exact) mass is 412 g/mol. The fourth-order valence-electron chi connectivity index (χ4n) is 2.71. The lowest BCUT2D eigenvalue weighted by atomic mass is 10.0. The minimum absolute atomic E-state index is 0.0402. The molecule has 0 saturated heterocycles. The molecule has 10 heteroatoms. The normalized spacial score (nSPS) is 12.4. The number of rotatable bonds is 6. The molecule has 0 aliphatic heterocycles. The average Bonchev–Trinajstić information content (AvgIpc) is 3.06. The van der Waals surface area contributed by atoms with Crippen molar-refractivity contribution < 1.29 is 22.7 Å². The highest BCUT2D eigenvalue weighted by molar-refractivity contribution is 6.29. The van der Waals surface area contributed by atoms with Crippen molar-refractivity contribution in [2.75, 3.05) is 11.9 Å². The second-order valence-electron chi connectivity index (χ2n) is 5.89. The van der Waals surface area contributed by atoms with E-state index in [9.17, 15) is 18.0 Å². The lowest BCUT2D eigenvalue weighted by molar-refractivity contribution is 0.0520. The first-order valence-electron chi connectivity index (χ1n) is 8.37. The van der Waals surface area contributed by atoms with E-state index in [1.807, 2.05) is 0 Å². The molecule has 0 aliphatic carbocycles. The molecule has 28 heavy (non-hydrogen) atoms. The number of carbonyl (C=O) groups is 1. The Hall–Kier alpha value is -2.81. The van der Waals surface area contributed by atoms with Crippen molar-refractivity contribution in [1.82, 2.24) is 14.4 Å². The summed E-state index contributed by atoms with van der Waals surface area (Å²) in [7, 11) is 0. The summed E-state index contributed by atoms with van der Waals surface area (Å²) in [6.07, 6.45) is -1.53. The van der Waals surface area contributed by atoms with Crippen LogP contribution in [0.25, 0.3) is 5.65 Å². The Morgan fingerprint density at radius 1 is 1.32 bits per heavy atom. The van der Waals surface area contributed by atoms with Crippen LogP contribution in [0.15, 0.2) is 30.5 Å². The van der Waals surface area contributed by atoms with Crippen LogP contribution in [0.1, 0.15) is 47.9 Å². The van der Waals surface area contributed by atoms with Gasteiger partial charge < -0.3 is 10.1 Å². The summed E-state index contributed by atoms with van der Waals surface area (Å²) in [5.74, 6) is -1.44. The molecular formula is C18H16ClF3N4O2. The predicted octanol–water partition coefficient (Wildman–Crippen LogP) is 4.81. The quantitative estimate of drug-likeness (QED) is 0.465. The summed E-state index contributed by atoms with van der Waals surface area (Å²) in [6, 6.07) is 4.51. The summed E-state index contributed by atoms with van der Waals surface area (Å²) < 4.78 is 46.7. The minimum atomic E-state index is -2.93. The van der Waals surface area contributed by atoms with Crippen LogP contribution in [0.2, 0.25) is 5.15 Å². The van der Waals surface area contributed by atoms with E-state index in [0.717, 1.165) is 6.07 Å². The Morgan fingerprint density at radius 3 is 2.71 bits per heavy atom. The zero-order chi connectivity index (χ0) is 20.4. The van der Waals surface area contributed by atoms with Gasteiger partial charge in [0.25, 0.3) is 6.43 Å². The van der Waals surface area contributed by atoms with Crippen molar-refractivity contribution in [3.63, 3.8) is 0 Å². The number of benzene rings is 1. The number of hydrogen-bond donors (Lipinski definition) is 1. The van der Waals surface area contributed by atoms with Crippen molar-refractivity contribution in [3.05, 3.63) is 58.3 Å². The number of aromatic nitrogens is 3. The lowest BCUT2D eigenvalue weighted by Gasteiger charge is -2.18. The number of esters is 1. The largest absolute Gasteiger partial charge is 0.461 e. The number of fused-ring (bicyclic) bond motifs is 1. The van der Waals surface area contributed by atoms with Gasteiger partial charge in [-0.2, -0.15) is 0 Å². The van der Waals surface area contributed by atoms with Crippen molar-refractivity contribution in [3.8, 4) is 0 Å². The molecule has 1 aromatic carbocycles. The number of hydrogen-bond acceptors (Lipinski definition) is 5. The van der Waals surface area contributed by atoms with Crippen LogP contribution in [0, 0.1) is 5.82 Å². The molecule has 3 aromatic rings. The summed E-state index contributed by atoms with van der Waals surface area (Å²) >= 11 is 6.01. The van der Waals surface area contributed by atoms with E-state index in [1.54, 1.807) is 13.8 Å². The van der Waals surface area contributed by atoms with Crippen LogP contribution in [0.4, 0.5) is 19.1 Å². The molecule has 6 nitrogen and oxygen atoms in total. The number of nitrogens with zero attached hydrogens (tertiary/aromatic N) is 3. The fraction of sp³-hybridized carbons (Fsp3) is 0.278. The molecule has 0 bridgehead atoms. The van der Waals surface area contributed by atoms with Crippen LogP contribution in [-0.2, 0) is 4.74 Å². The van der Waals surface area contributed by atoms with Crippen LogP contribution < -0.4 is 5.32 Å². The van der Waals surface area contributed by atoms with Gasteiger partial charge in [0, 0.05) is 17.8 Å². The molecule has 0 spiro atoms. The maximum atomic E-state index is 14.4. The average molecular weight is 413 g/mol. The third-order valence-electron chi connectivity index (χ3n) is 4.01. The second kappa shape index (κ2) is 8.05. The smallest absolute Gasteiger partial charge is 0.358 e. The third-order valence-corrected chi connectivity index (χ3v) is 4.21. The van der Waals surface area contributed by atoms with E-state index in [4.69, 9.17) is 16.3 Å². The highest BCUT2D eigenvalue weighted by Gasteiger charge is 2.21. The number of halogens is 4. The maximum Gasteiger partial charge on any atom is 0.358 e. The topological polar surface area (TPSA) is 68.5 Å².